The molecule has 15 heavy (non-hydrogen) atoms. The molecule has 0 aliphatic carbocycles. The Hall–Kier alpha value is -1.36. The first-order valence-electron chi connectivity index (χ1n) is 4.98. The van der Waals surface area contributed by atoms with E-state index in [0.29, 0.717) is 12.2 Å². The maximum Gasteiger partial charge on any atom is 0.226 e. The zero-order valence-electron chi connectivity index (χ0n) is 9.33. The van der Waals surface area contributed by atoms with Gasteiger partial charge in [-0.15, -0.1) is 0 Å². The molecule has 1 heterocycles. The van der Waals surface area contributed by atoms with Gasteiger partial charge in [0.15, 0.2) is 0 Å². The third kappa shape index (κ3) is 4.12. The van der Waals surface area contributed by atoms with Crippen LogP contribution in [0.15, 0.2) is 10.6 Å². The van der Waals surface area contributed by atoms with Gasteiger partial charge in [0.1, 0.15) is 5.76 Å². The van der Waals surface area contributed by atoms with Crippen molar-refractivity contribution in [3.05, 3.63) is 17.5 Å². The Morgan fingerprint density at radius 2 is 2.40 bits per heavy atom. The second-order valence-electron chi connectivity index (χ2n) is 3.60. The lowest BCUT2D eigenvalue weighted by Crippen LogP contribution is -2.37. The van der Waals surface area contributed by atoms with Crippen LogP contribution in [0.2, 0.25) is 0 Å². The highest BCUT2D eigenvalue weighted by molar-refractivity contribution is 5.78. The predicted octanol–water partition coefficient (Wildman–Crippen LogP) is 0.250. The van der Waals surface area contributed by atoms with Gasteiger partial charge in [-0.1, -0.05) is 5.16 Å². The van der Waals surface area contributed by atoms with E-state index in [1.807, 2.05) is 14.0 Å². The maximum atomic E-state index is 11.4. The summed E-state index contributed by atoms with van der Waals surface area (Å²) in [7, 11) is 1.86. The van der Waals surface area contributed by atoms with E-state index in [-0.39, 0.29) is 18.4 Å². The lowest BCUT2D eigenvalue weighted by atomic mass is 10.2. The summed E-state index contributed by atoms with van der Waals surface area (Å²) in [4.78, 5) is 11.4. The van der Waals surface area contributed by atoms with Crippen LogP contribution in [0, 0.1) is 6.92 Å². The van der Waals surface area contributed by atoms with E-state index in [9.17, 15) is 4.79 Å². The Morgan fingerprint density at radius 1 is 1.67 bits per heavy atom. The third-order valence-corrected chi connectivity index (χ3v) is 2.12. The Morgan fingerprint density at radius 3 is 2.93 bits per heavy atom. The molecule has 0 saturated heterocycles. The Kier molecular flexibility index (Phi) is 4.30. The van der Waals surface area contributed by atoms with Crippen LogP contribution in [0.1, 0.15) is 18.4 Å². The fourth-order valence-electron chi connectivity index (χ4n) is 1.10. The van der Waals surface area contributed by atoms with Crippen molar-refractivity contribution < 1.29 is 9.32 Å². The molecular weight excluding hydrogens is 194 g/mol. The predicted molar refractivity (Wildman–Crippen MR) is 56.5 cm³/mol. The fraction of sp³-hybridized carbons (Fsp3) is 0.600. The van der Waals surface area contributed by atoms with Gasteiger partial charge >= 0.3 is 0 Å². The molecule has 1 aromatic rings. The van der Waals surface area contributed by atoms with Crippen molar-refractivity contribution in [1.82, 2.24) is 15.8 Å². The van der Waals surface area contributed by atoms with E-state index < -0.39 is 0 Å². The van der Waals surface area contributed by atoms with E-state index in [2.05, 4.69) is 15.8 Å². The molecule has 0 radical (unpaired) electrons. The van der Waals surface area contributed by atoms with Crippen molar-refractivity contribution in [3.8, 4) is 0 Å². The number of carbonyl (C=O) groups is 1. The smallest absolute Gasteiger partial charge is 0.226 e. The number of hydrogen-bond acceptors (Lipinski definition) is 4. The third-order valence-electron chi connectivity index (χ3n) is 2.12. The van der Waals surface area contributed by atoms with Crippen molar-refractivity contribution >= 4 is 5.91 Å². The normalized spacial score (nSPS) is 12.5. The van der Waals surface area contributed by atoms with Gasteiger partial charge in [-0.25, -0.2) is 0 Å². The highest BCUT2D eigenvalue weighted by Crippen LogP contribution is 2.01. The summed E-state index contributed by atoms with van der Waals surface area (Å²) in [5.41, 5.74) is 0.669. The van der Waals surface area contributed by atoms with Gasteiger partial charge in [-0.2, -0.15) is 0 Å². The highest BCUT2D eigenvalue weighted by Gasteiger charge is 2.08. The standard InChI is InChI=1S/C10H17N3O2/c1-7(11-3)6-12-10(14)5-9-4-8(2)15-13-9/h4,7,11H,5-6H2,1-3H3,(H,12,14). The maximum absolute atomic E-state index is 11.4. The molecule has 1 atom stereocenters. The molecule has 1 amide bonds. The lowest BCUT2D eigenvalue weighted by molar-refractivity contribution is -0.120. The summed E-state index contributed by atoms with van der Waals surface area (Å²) in [5, 5.41) is 9.60. The highest BCUT2D eigenvalue weighted by atomic mass is 16.5. The van der Waals surface area contributed by atoms with Crippen molar-refractivity contribution in [2.75, 3.05) is 13.6 Å². The van der Waals surface area contributed by atoms with Gasteiger partial charge in [0.2, 0.25) is 5.91 Å². The minimum atomic E-state index is -0.0367. The first-order valence-corrected chi connectivity index (χ1v) is 4.98. The second kappa shape index (κ2) is 5.50. The van der Waals surface area contributed by atoms with Crippen molar-refractivity contribution in [3.63, 3.8) is 0 Å². The minimum absolute atomic E-state index is 0.0367. The number of nitrogens with one attached hydrogen (secondary N) is 2. The molecule has 0 bridgehead atoms. The lowest BCUT2D eigenvalue weighted by Gasteiger charge is -2.10. The van der Waals surface area contributed by atoms with E-state index >= 15 is 0 Å². The number of rotatable bonds is 5. The molecule has 0 fully saturated rings. The van der Waals surface area contributed by atoms with Crippen LogP contribution in [0.5, 0.6) is 0 Å². The largest absolute Gasteiger partial charge is 0.361 e. The average Bonchev–Trinajstić information content (AvgIpc) is 2.60. The fourth-order valence-corrected chi connectivity index (χ4v) is 1.10. The quantitative estimate of drug-likeness (QED) is 0.732. The van der Waals surface area contributed by atoms with E-state index in [4.69, 9.17) is 4.52 Å². The first-order chi connectivity index (χ1) is 7.11. The van der Waals surface area contributed by atoms with Crippen LogP contribution in [0.25, 0.3) is 0 Å². The van der Waals surface area contributed by atoms with Crippen LogP contribution >= 0.6 is 0 Å². The Bertz CT molecular complexity index is 322. The van der Waals surface area contributed by atoms with Gasteiger partial charge in [-0.05, 0) is 20.9 Å². The Balaban J connectivity index is 2.30. The molecule has 0 aliphatic rings. The summed E-state index contributed by atoms with van der Waals surface area (Å²) >= 11 is 0. The molecule has 1 aromatic heterocycles. The molecule has 5 heteroatoms. The van der Waals surface area contributed by atoms with Gasteiger partial charge < -0.3 is 15.2 Å². The number of nitrogens with zero attached hydrogens (tertiary/aromatic N) is 1. The minimum Gasteiger partial charge on any atom is -0.361 e. The van der Waals surface area contributed by atoms with Gasteiger partial charge in [0, 0.05) is 18.7 Å². The van der Waals surface area contributed by atoms with E-state index in [0.717, 1.165) is 5.76 Å². The SMILES string of the molecule is CNC(C)CNC(=O)Cc1cc(C)on1. The van der Waals surface area contributed by atoms with Crippen molar-refractivity contribution in [1.29, 1.82) is 0 Å². The molecule has 1 rings (SSSR count). The summed E-state index contributed by atoms with van der Waals surface area (Å²) < 4.78 is 4.87. The molecule has 0 saturated carbocycles. The summed E-state index contributed by atoms with van der Waals surface area (Å²) in [5.74, 6) is 0.687. The Labute approximate surface area is 89.2 Å². The van der Waals surface area contributed by atoms with E-state index in [1.54, 1.807) is 13.0 Å². The molecule has 0 aliphatic heterocycles. The van der Waals surface area contributed by atoms with Crippen LogP contribution in [0.4, 0.5) is 0 Å². The van der Waals surface area contributed by atoms with Gasteiger partial charge in [-0.3, -0.25) is 4.79 Å². The monoisotopic (exact) mass is 211 g/mol. The molecule has 2 N–H and O–H groups in total. The van der Waals surface area contributed by atoms with Crippen LogP contribution < -0.4 is 10.6 Å². The molecule has 5 nitrogen and oxygen atoms in total. The number of carbonyl (C=O) groups excluding carboxylic acids is 1. The molecular formula is C10H17N3O2. The van der Waals surface area contributed by atoms with Crippen molar-refractivity contribution in [2.24, 2.45) is 0 Å². The molecule has 0 spiro atoms. The number of likely N-dealkylation sites (N-methyl/N-ethyl adjacent to an activating group) is 1. The van der Waals surface area contributed by atoms with Crippen LogP contribution in [0.3, 0.4) is 0 Å². The van der Waals surface area contributed by atoms with Crippen LogP contribution in [-0.2, 0) is 11.2 Å². The zero-order chi connectivity index (χ0) is 11.3. The van der Waals surface area contributed by atoms with Gasteiger partial charge in [0.05, 0.1) is 12.1 Å². The summed E-state index contributed by atoms with van der Waals surface area (Å²) in [6.07, 6.45) is 0.272. The van der Waals surface area contributed by atoms with E-state index in [1.165, 1.54) is 0 Å². The van der Waals surface area contributed by atoms with Gasteiger partial charge in [0.25, 0.3) is 0 Å². The van der Waals surface area contributed by atoms with Crippen LogP contribution in [-0.4, -0.2) is 30.7 Å². The summed E-state index contributed by atoms with van der Waals surface area (Å²) in [6, 6.07) is 2.04. The number of hydrogen-bond donors (Lipinski definition) is 2. The average molecular weight is 211 g/mol. The summed E-state index contributed by atoms with van der Waals surface area (Å²) in [6.45, 7) is 4.42. The molecule has 1 unspecified atom stereocenters. The van der Waals surface area contributed by atoms with Crippen molar-refractivity contribution in [2.45, 2.75) is 26.3 Å². The number of aryl methyl sites for hydroxylation is 1. The second-order valence-corrected chi connectivity index (χ2v) is 3.60. The molecule has 84 valence electrons. The first kappa shape index (κ1) is 11.7. The number of aromatic nitrogens is 1. The number of amides is 1. The zero-order valence-corrected chi connectivity index (χ0v) is 9.33. The topological polar surface area (TPSA) is 67.2 Å². The molecule has 0 aromatic carbocycles.